The van der Waals surface area contributed by atoms with Gasteiger partial charge in [-0.2, -0.15) is 0 Å². The van der Waals surface area contributed by atoms with Crippen molar-refractivity contribution >= 4 is 0 Å². The van der Waals surface area contributed by atoms with Crippen LogP contribution < -0.4 is 10.1 Å². The first-order valence-corrected chi connectivity index (χ1v) is 8.08. The largest absolute Gasteiger partial charge is 0.491 e. The van der Waals surface area contributed by atoms with Gasteiger partial charge in [0.25, 0.3) is 0 Å². The fourth-order valence-electron chi connectivity index (χ4n) is 2.75. The second-order valence-electron chi connectivity index (χ2n) is 6.06. The van der Waals surface area contributed by atoms with E-state index in [2.05, 4.69) is 46.0 Å². The molecule has 0 radical (unpaired) electrons. The van der Waals surface area contributed by atoms with Gasteiger partial charge in [0.15, 0.2) is 0 Å². The van der Waals surface area contributed by atoms with Crippen molar-refractivity contribution in [2.45, 2.75) is 59.6 Å². The summed E-state index contributed by atoms with van der Waals surface area (Å²) in [5.41, 5.74) is 2.36. The van der Waals surface area contributed by atoms with Crippen LogP contribution in [0.25, 0.3) is 0 Å². The fourth-order valence-corrected chi connectivity index (χ4v) is 2.75. The first-order chi connectivity index (χ1) is 9.96. The number of hydrogen-bond donors (Lipinski definition) is 2. The van der Waals surface area contributed by atoms with Crippen LogP contribution in [0.1, 0.15) is 44.7 Å². The lowest BCUT2D eigenvalue weighted by Crippen LogP contribution is -2.40. The second-order valence-corrected chi connectivity index (χ2v) is 6.06. The summed E-state index contributed by atoms with van der Waals surface area (Å²) in [7, 11) is 0. The van der Waals surface area contributed by atoms with Crippen molar-refractivity contribution in [2.24, 2.45) is 5.92 Å². The average molecular weight is 293 g/mol. The van der Waals surface area contributed by atoms with Crippen molar-refractivity contribution in [3.63, 3.8) is 0 Å². The van der Waals surface area contributed by atoms with Crippen molar-refractivity contribution in [1.82, 2.24) is 5.32 Å². The van der Waals surface area contributed by atoms with Crippen LogP contribution in [0.4, 0.5) is 0 Å². The molecule has 0 heterocycles. The molecule has 2 unspecified atom stereocenters. The zero-order valence-corrected chi connectivity index (χ0v) is 14.1. The minimum atomic E-state index is -0.484. The van der Waals surface area contributed by atoms with Crippen LogP contribution in [0.5, 0.6) is 5.75 Å². The Bertz CT molecular complexity index is 395. The molecule has 0 fully saturated rings. The highest BCUT2D eigenvalue weighted by Gasteiger charge is 2.14. The zero-order chi connectivity index (χ0) is 15.8. The summed E-state index contributed by atoms with van der Waals surface area (Å²) < 4.78 is 5.68. The smallest absolute Gasteiger partial charge is 0.119 e. The van der Waals surface area contributed by atoms with E-state index in [4.69, 9.17) is 4.74 Å². The third kappa shape index (κ3) is 6.49. The van der Waals surface area contributed by atoms with Crippen molar-refractivity contribution in [2.75, 3.05) is 13.2 Å². The summed E-state index contributed by atoms with van der Waals surface area (Å²) in [6.07, 6.45) is 1.85. The maximum atomic E-state index is 10.0. The summed E-state index contributed by atoms with van der Waals surface area (Å²) in [5.74, 6) is 1.50. The second kappa shape index (κ2) is 9.06. The van der Waals surface area contributed by atoms with Crippen LogP contribution in [0.3, 0.4) is 0 Å². The topological polar surface area (TPSA) is 41.5 Å². The number of rotatable bonds is 9. The molecule has 1 aromatic carbocycles. The molecule has 2 atom stereocenters. The minimum Gasteiger partial charge on any atom is -0.491 e. The van der Waals surface area contributed by atoms with Gasteiger partial charge in [-0.3, -0.25) is 0 Å². The van der Waals surface area contributed by atoms with E-state index in [9.17, 15) is 5.11 Å². The van der Waals surface area contributed by atoms with E-state index < -0.39 is 6.10 Å². The molecule has 0 aliphatic heterocycles. The number of aryl methyl sites for hydroxylation is 2. The number of benzene rings is 1. The van der Waals surface area contributed by atoms with Gasteiger partial charge in [-0.05, 0) is 49.9 Å². The summed E-state index contributed by atoms with van der Waals surface area (Å²) in [6.45, 7) is 11.6. The van der Waals surface area contributed by atoms with E-state index >= 15 is 0 Å². The molecule has 0 saturated heterocycles. The van der Waals surface area contributed by atoms with Gasteiger partial charge in [-0.15, -0.1) is 0 Å². The first kappa shape index (κ1) is 18.0. The van der Waals surface area contributed by atoms with Gasteiger partial charge in [-0.1, -0.05) is 32.8 Å². The first-order valence-electron chi connectivity index (χ1n) is 8.08. The molecule has 2 N–H and O–H groups in total. The van der Waals surface area contributed by atoms with E-state index in [0.29, 0.717) is 25.1 Å². The molecule has 3 nitrogen and oxygen atoms in total. The third-order valence-corrected chi connectivity index (χ3v) is 4.07. The normalized spacial score (nSPS) is 14.2. The summed E-state index contributed by atoms with van der Waals surface area (Å²) in [5, 5.41) is 13.5. The van der Waals surface area contributed by atoms with Crippen molar-refractivity contribution < 1.29 is 9.84 Å². The van der Waals surface area contributed by atoms with Crippen molar-refractivity contribution in [3.8, 4) is 5.75 Å². The van der Waals surface area contributed by atoms with Crippen LogP contribution >= 0.6 is 0 Å². The number of nitrogens with one attached hydrogen (secondary N) is 1. The zero-order valence-electron chi connectivity index (χ0n) is 14.1. The number of ether oxygens (including phenoxy) is 1. The Kier molecular flexibility index (Phi) is 7.76. The van der Waals surface area contributed by atoms with Gasteiger partial charge in [0, 0.05) is 12.6 Å². The summed E-state index contributed by atoms with van der Waals surface area (Å²) in [4.78, 5) is 0. The Morgan fingerprint density at radius 2 is 1.67 bits per heavy atom. The molecular weight excluding hydrogens is 262 g/mol. The van der Waals surface area contributed by atoms with E-state index in [1.165, 1.54) is 24.0 Å². The molecule has 0 bridgehead atoms. The lowest BCUT2D eigenvalue weighted by Gasteiger charge is -2.24. The lowest BCUT2D eigenvalue weighted by atomic mass is 9.95. The predicted molar refractivity (Wildman–Crippen MR) is 89.0 cm³/mol. The van der Waals surface area contributed by atoms with Gasteiger partial charge in [-0.25, -0.2) is 0 Å². The Morgan fingerprint density at radius 1 is 1.10 bits per heavy atom. The summed E-state index contributed by atoms with van der Waals surface area (Å²) >= 11 is 0. The van der Waals surface area contributed by atoms with Crippen LogP contribution in [-0.4, -0.2) is 30.4 Å². The Morgan fingerprint density at radius 3 is 2.19 bits per heavy atom. The minimum absolute atomic E-state index is 0.325. The van der Waals surface area contributed by atoms with Crippen molar-refractivity contribution in [1.29, 1.82) is 0 Å². The molecule has 0 spiro atoms. The van der Waals surface area contributed by atoms with E-state index in [0.717, 1.165) is 5.75 Å². The van der Waals surface area contributed by atoms with Crippen LogP contribution in [0.15, 0.2) is 18.2 Å². The fraction of sp³-hybridized carbons (Fsp3) is 0.667. The predicted octanol–water partition coefficient (Wildman–Crippen LogP) is 3.46. The van der Waals surface area contributed by atoms with E-state index in [1.807, 2.05) is 12.1 Å². The van der Waals surface area contributed by atoms with Gasteiger partial charge in [0.05, 0.1) is 0 Å². The van der Waals surface area contributed by atoms with Crippen molar-refractivity contribution in [3.05, 3.63) is 29.3 Å². The highest BCUT2D eigenvalue weighted by Crippen LogP contribution is 2.16. The van der Waals surface area contributed by atoms with Crippen LogP contribution in [0.2, 0.25) is 0 Å². The molecule has 0 aliphatic rings. The number of hydrogen-bond acceptors (Lipinski definition) is 3. The van der Waals surface area contributed by atoms with Gasteiger partial charge in [0.2, 0.25) is 0 Å². The van der Waals surface area contributed by atoms with Gasteiger partial charge < -0.3 is 15.2 Å². The molecule has 0 aromatic heterocycles. The quantitative estimate of drug-likeness (QED) is 0.732. The van der Waals surface area contributed by atoms with Crippen LogP contribution in [-0.2, 0) is 0 Å². The van der Waals surface area contributed by atoms with Gasteiger partial charge >= 0.3 is 0 Å². The molecule has 120 valence electrons. The maximum Gasteiger partial charge on any atom is 0.119 e. The Balaban J connectivity index is 2.35. The average Bonchev–Trinajstić information content (AvgIpc) is 2.43. The van der Waals surface area contributed by atoms with E-state index in [1.54, 1.807) is 0 Å². The standard InChI is InChI=1S/C18H31NO2/c1-6-16(7-2)15(5)19-11-17(20)12-21-18-9-13(3)8-14(4)10-18/h8-10,15-17,19-20H,6-7,11-12H2,1-5H3. The van der Waals surface area contributed by atoms with Gasteiger partial charge in [0.1, 0.15) is 18.5 Å². The number of aliphatic hydroxyl groups is 1. The molecular formula is C18H31NO2. The highest BCUT2D eigenvalue weighted by molar-refractivity contribution is 5.32. The number of aliphatic hydroxyl groups excluding tert-OH is 1. The van der Waals surface area contributed by atoms with E-state index in [-0.39, 0.29) is 0 Å². The highest BCUT2D eigenvalue weighted by atomic mass is 16.5. The molecule has 3 heteroatoms. The molecule has 0 amide bonds. The third-order valence-electron chi connectivity index (χ3n) is 4.07. The SMILES string of the molecule is CCC(CC)C(C)NCC(O)COc1cc(C)cc(C)c1. The summed E-state index contributed by atoms with van der Waals surface area (Å²) in [6, 6.07) is 6.54. The molecule has 1 rings (SSSR count). The Hall–Kier alpha value is -1.06. The molecule has 21 heavy (non-hydrogen) atoms. The molecule has 1 aromatic rings. The lowest BCUT2D eigenvalue weighted by molar-refractivity contribution is 0.101. The maximum absolute atomic E-state index is 10.0. The molecule has 0 saturated carbocycles. The van der Waals surface area contributed by atoms with Crippen LogP contribution in [0, 0.1) is 19.8 Å². The molecule has 0 aliphatic carbocycles. The Labute approximate surface area is 129 Å². The monoisotopic (exact) mass is 293 g/mol.